The molecule has 1 aromatic heterocycles. The third-order valence-corrected chi connectivity index (χ3v) is 5.54. The molecular formula is C27H19N3O6. The summed E-state index contributed by atoms with van der Waals surface area (Å²) in [7, 11) is 0. The van der Waals surface area contributed by atoms with Crippen LogP contribution in [0.15, 0.2) is 83.4 Å². The Morgan fingerprint density at radius 1 is 0.917 bits per heavy atom. The summed E-state index contributed by atoms with van der Waals surface area (Å²) in [6, 6.07) is 21.6. The molecule has 0 aliphatic carbocycles. The highest BCUT2D eigenvalue weighted by Gasteiger charge is 2.37. The molecule has 3 amide bonds. The van der Waals surface area contributed by atoms with Gasteiger partial charge in [-0.1, -0.05) is 35.5 Å². The number of benzene rings is 3. The second-order valence-corrected chi connectivity index (χ2v) is 8.05. The summed E-state index contributed by atoms with van der Waals surface area (Å²) in [5.74, 6) is -1.60. The van der Waals surface area contributed by atoms with Crippen LogP contribution in [-0.4, -0.2) is 28.8 Å². The van der Waals surface area contributed by atoms with Crippen molar-refractivity contribution in [2.75, 3.05) is 10.2 Å². The van der Waals surface area contributed by atoms with Crippen LogP contribution >= 0.6 is 0 Å². The summed E-state index contributed by atoms with van der Waals surface area (Å²) in [6.07, 6.45) is 0. The lowest BCUT2D eigenvalue weighted by molar-refractivity contribution is -0.114. The highest BCUT2D eigenvalue weighted by molar-refractivity contribution is 6.34. The predicted molar refractivity (Wildman–Crippen MR) is 129 cm³/mol. The third kappa shape index (κ3) is 4.37. The molecule has 36 heavy (non-hydrogen) atoms. The molecule has 3 aromatic carbocycles. The predicted octanol–water partition coefficient (Wildman–Crippen LogP) is 4.46. The van der Waals surface area contributed by atoms with E-state index in [2.05, 4.69) is 10.5 Å². The van der Waals surface area contributed by atoms with Crippen molar-refractivity contribution in [1.29, 1.82) is 0 Å². The summed E-state index contributed by atoms with van der Waals surface area (Å²) in [6.45, 7) is 1.24. The number of imide groups is 1. The second-order valence-electron chi connectivity index (χ2n) is 8.05. The summed E-state index contributed by atoms with van der Waals surface area (Å²) in [5, 5.41) is 6.61. The number of rotatable bonds is 6. The number of aromatic nitrogens is 1. The van der Waals surface area contributed by atoms with Crippen molar-refractivity contribution in [3.8, 4) is 11.3 Å². The van der Waals surface area contributed by atoms with Crippen LogP contribution in [0, 0.1) is 0 Å². The molecule has 0 saturated carbocycles. The summed E-state index contributed by atoms with van der Waals surface area (Å²) >= 11 is 0. The standard InChI is InChI=1S/C27H19N3O6/c1-16(31)28-19-8-10-20(11-9-19)30-25(32)22-12-7-18(13-23(22)26(30)33)27(34)35-15-21-14-24(29-36-21)17-5-3-2-4-6-17/h2-14H,15H2,1H3,(H,28,31). The number of anilines is 2. The maximum Gasteiger partial charge on any atom is 0.338 e. The molecule has 9 nitrogen and oxygen atoms in total. The minimum absolute atomic E-state index is 0.103. The van der Waals surface area contributed by atoms with E-state index in [4.69, 9.17) is 9.26 Å². The maximum atomic E-state index is 13.0. The van der Waals surface area contributed by atoms with E-state index in [0.717, 1.165) is 10.5 Å². The first-order valence-corrected chi connectivity index (χ1v) is 11.0. The van der Waals surface area contributed by atoms with Crippen molar-refractivity contribution in [1.82, 2.24) is 5.16 Å². The molecule has 0 saturated heterocycles. The van der Waals surface area contributed by atoms with Gasteiger partial charge in [0.15, 0.2) is 12.4 Å². The molecule has 2 heterocycles. The van der Waals surface area contributed by atoms with Crippen molar-refractivity contribution in [2.45, 2.75) is 13.5 Å². The van der Waals surface area contributed by atoms with E-state index in [0.29, 0.717) is 22.8 Å². The summed E-state index contributed by atoms with van der Waals surface area (Å²) in [5.41, 5.74) is 2.79. The Bertz CT molecular complexity index is 1490. The Kier molecular flexibility index (Phi) is 5.87. The highest BCUT2D eigenvalue weighted by atomic mass is 16.5. The van der Waals surface area contributed by atoms with E-state index in [1.165, 1.54) is 25.1 Å². The van der Waals surface area contributed by atoms with Crippen LogP contribution in [0.25, 0.3) is 11.3 Å². The van der Waals surface area contributed by atoms with E-state index >= 15 is 0 Å². The zero-order valence-electron chi connectivity index (χ0n) is 19.1. The first-order valence-electron chi connectivity index (χ1n) is 11.0. The van der Waals surface area contributed by atoms with Crippen molar-refractivity contribution in [3.63, 3.8) is 0 Å². The van der Waals surface area contributed by atoms with Gasteiger partial charge in [0, 0.05) is 24.2 Å². The fourth-order valence-corrected chi connectivity index (χ4v) is 3.85. The molecule has 0 atom stereocenters. The van der Waals surface area contributed by atoms with Gasteiger partial charge in [0.2, 0.25) is 5.91 Å². The fourth-order valence-electron chi connectivity index (χ4n) is 3.85. The number of nitrogens with zero attached hydrogens (tertiary/aromatic N) is 2. The molecular weight excluding hydrogens is 462 g/mol. The van der Waals surface area contributed by atoms with Crippen LogP contribution in [0.1, 0.15) is 43.8 Å². The average Bonchev–Trinajstić information content (AvgIpc) is 3.46. The van der Waals surface area contributed by atoms with Crippen molar-refractivity contribution >= 4 is 35.1 Å². The van der Waals surface area contributed by atoms with Crippen LogP contribution in [-0.2, 0) is 16.1 Å². The molecule has 0 radical (unpaired) electrons. The van der Waals surface area contributed by atoms with Gasteiger partial charge in [0.25, 0.3) is 11.8 Å². The lowest BCUT2D eigenvalue weighted by atomic mass is 10.1. The first kappa shape index (κ1) is 22.7. The minimum atomic E-state index is -0.672. The molecule has 0 spiro atoms. The van der Waals surface area contributed by atoms with Gasteiger partial charge in [-0.15, -0.1) is 0 Å². The van der Waals surface area contributed by atoms with Gasteiger partial charge in [-0.3, -0.25) is 14.4 Å². The lowest BCUT2D eigenvalue weighted by Gasteiger charge is -2.14. The molecule has 1 N–H and O–H groups in total. The van der Waals surface area contributed by atoms with E-state index in [1.807, 2.05) is 30.3 Å². The monoisotopic (exact) mass is 481 g/mol. The average molecular weight is 481 g/mol. The lowest BCUT2D eigenvalue weighted by Crippen LogP contribution is -2.29. The quantitative estimate of drug-likeness (QED) is 0.319. The number of fused-ring (bicyclic) bond motifs is 1. The number of hydrogen-bond acceptors (Lipinski definition) is 7. The van der Waals surface area contributed by atoms with Gasteiger partial charge >= 0.3 is 5.97 Å². The zero-order valence-corrected chi connectivity index (χ0v) is 19.1. The second kappa shape index (κ2) is 9.30. The Morgan fingerprint density at radius 2 is 1.64 bits per heavy atom. The van der Waals surface area contributed by atoms with Gasteiger partial charge in [0.1, 0.15) is 5.69 Å². The van der Waals surface area contributed by atoms with Crippen molar-refractivity contribution in [2.24, 2.45) is 0 Å². The number of nitrogens with one attached hydrogen (secondary N) is 1. The molecule has 1 aliphatic heterocycles. The topological polar surface area (TPSA) is 119 Å². The number of esters is 1. The van der Waals surface area contributed by atoms with Gasteiger partial charge in [-0.05, 0) is 42.5 Å². The summed E-state index contributed by atoms with van der Waals surface area (Å²) in [4.78, 5) is 50.8. The molecule has 0 fully saturated rings. The Morgan fingerprint density at radius 3 is 2.36 bits per heavy atom. The van der Waals surface area contributed by atoms with Crippen LogP contribution in [0.3, 0.4) is 0 Å². The number of carbonyl (C=O) groups is 4. The largest absolute Gasteiger partial charge is 0.454 e. The first-order chi connectivity index (χ1) is 17.4. The molecule has 1 aliphatic rings. The van der Waals surface area contributed by atoms with Gasteiger partial charge < -0.3 is 14.6 Å². The van der Waals surface area contributed by atoms with E-state index in [-0.39, 0.29) is 29.2 Å². The Labute approximate surface area is 205 Å². The van der Waals surface area contributed by atoms with E-state index in [1.54, 1.807) is 30.3 Å². The summed E-state index contributed by atoms with van der Waals surface area (Å²) < 4.78 is 10.6. The Hall–Kier alpha value is -5.05. The molecule has 0 unspecified atom stereocenters. The van der Waals surface area contributed by atoms with E-state index < -0.39 is 17.8 Å². The Balaban J connectivity index is 1.29. The maximum absolute atomic E-state index is 13.0. The normalized spacial score (nSPS) is 12.4. The number of ether oxygens (including phenoxy) is 1. The zero-order chi connectivity index (χ0) is 25.2. The van der Waals surface area contributed by atoms with Gasteiger partial charge in [-0.2, -0.15) is 0 Å². The number of carbonyl (C=O) groups excluding carboxylic acids is 4. The van der Waals surface area contributed by atoms with Crippen LogP contribution < -0.4 is 10.2 Å². The van der Waals surface area contributed by atoms with Crippen molar-refractivity contribution in [3.05, 3.63) is 101 Å². The minimum Gasteiger partial charge on any atom is -0.454 e. The van der Waals surface area contributed by atoms with Crippen LogP contribution in [0.4, 0.5) is 11.4 Å². The molecule has 178 valence electrons. The molecule has 0 bridgehead atoms. The smallest absolute Gasteiger partial charge is 0.338 e. The number of amides is 3. The van der Waals surface area contributed by atoms with Gasteiger partial charge in [0.05, 0.1) is 22.4 Å². The van der Waals surface area contributed by atoms with Crippen LogP contribution in [0.2, 0.25) is 0 Å². The SMILES string of the molecule is CC(=O)Nc1ccc(N2C(=O)c3ccc(C(=O)OCc4cc(-c5ccccc5)no4)cc3C2=O)cc1. The molecule has 4 aromatic rings. The fraction of sp³-hybridized carbons (Fsp3) is 0.0741. The third-order valence-electron chi connectivity index (χ3n) is 5.54. The van der Waals surface area contributed by atoms with Crippen molar-refractivity contribution < 1.29 is 28.4 Å². The van der Waals surface area contributed by atoms with Gasteiger partial charge in [-0.25, -0.2) is 9.69 Å². The van der Waals surface area contributed by atoms with Crippen LogP contribution in [0.5, 0.6) is 0 Å². The molecule has 9 heteroatoms. The molecule has 5 rings (SSSR count). The van der Waals surface area contributed by atoms with E-state index in [9.17, 15) is 19.2 Å². The highest BCUT2D eigenvalue weighted by Crippen LogP contribution is 2.30. The number of hydrogen-bond donors (Lipinski definition) is 1.